The van der Waals surface area contributed by atoms with E-state index in [0.717, 1.165) is 24.8 Å². The number of amides is 2. The average Bonchev–Trinajstić information content (AvgIpc) is 3.47. The van der Waals surface area contributed by atoms with Crippen molar-refractivity contribution in [1.82, 2.24) is 9.80 Å². The van der Waals surface area contributed by atoms with Crippen LogP contribution < -0.4 is 0 Å². The fourth-order valence-corrected chi connectivity index (χ4v) is 3.52. The number of piperazine rings is 1. The van der Waals surface area contributed by atoms with Gasteiger partial charge in [0.1, 0.15) is 5.82 Å². The molecule has 0 aromatic heterocycles. The zero-order valence-electron chi connectivity index (χ0n) is 13.1. The van der Waals surface area contributed by atoms with E-state index < -0.39 is 0 Å². The highest BCUT2D eigenvalue weighted by Gasteiger charge is 2.46. The van der Waals surface area contributed by atoms with Gasteiger partial charge < -0.3 is 9.80 Å². The third kappa shape index (κ3) is 2.96. The Kier molecular flexibility index (Phi) is 3.58. The third-order valence-corrected chi connectivity index (χ3v) is 5.24. The Hall–Kier alpha value is -1.91. The summed E-state index contributed by atoms with van der Waals surface area (Å²) in [7, 11) is 0. The second-order valence-electron chi connectivity index (χ2n) is 6.93. The molecule has 0 spiro atoms. The summed E-state index contributed by atoms with van der Waals surface area (Å²) < 4.78 is 13.0. The molecular weight excluding hydrogens is 295 g/mol. The summed E-state index contributed by atoms with van der Waals surface area (Å²) in [6.07, 6.45) is 2.91. The van der Waals surface area contributed by atoms with Crippen LogP contribution in [0.4, 0.5) is 4.39 Å². The van der Waals surface area contributed by atoms with Gasteiger partial charge >= 0.3 is 0 Å². The maximum atomic E-state index is 13.0. The van der Waals surface area contributed by atoms with Crippen LogP contribution in [0, 0.1) is 17.7 Å². The maximum absolute atomic E-state index is 13.0. The van der Waals surface area contributed by atoms with Crippen molar-refractivity contribution in [2.45, 2.75) is 25.2 Å². The van der Waals surface area contributed by atoms with Crippen LogP contribution in [0.25, 0.3) is 0 Å². The molecule has 0 bridgehead atoms. The molecule has 1 aromatic rings. The van der Waals surface area contributed by atoms with Gasteiger partial charge in [-0.3, -0.25) is 9.59 Å². The van der Waals surface area contributed by atoms with Crippen molar-refractivity contribution in [2.24, 2.45) is 11.8 Å². The maximum Gasteiger partial charge on any atom is 0.226 e. The van der Waals surface area contributed by atoms with Crippen molar-refractivity contribution in [3.05, 3.63) is 35.6 Å². The first-order valence-electron chi connectivity index (χ1n) is 8.46. The molecule has 1 saturated heterocycles. The second kappa shape index (κ2) is 5.62. The van der Waals surface area contributed by atoms with Gasteiger partial charge in [-0.2, -0.15) is 0 Å². The molecule has 1 aromatic carbocycles. The molecule has 2 aliphatic carbocycles. The van der Waals surface area contributed by atoms with Crippen molar-refractivity contribution < 1.29 is 14.0 Å². The number of hydrogen-bond donors (Lipinski definition) is 0. The number of benzene rings is 1. The Morgan fingerprint density at radius 2 is 1.48 bits per heavy atom. The first kappa shape index (κ1) is 14.7. The number of carbonyl (C=O) groups excluding carboxylic acids is 2. The van der Waals surface area contributed by atoms with Crippen LogP contribution in [0.2, 0.25) is 0 Å². The molecule has 3 fully saturated rings. The largest absolute Gasteiger partial charge is 0.339 e. The lowest BCUT2D eigenvalue weighted by Crippen LogP contribution is -2.51. The van der Waals surface area contributed by atoms with Gasteiger partial charge in [-0.15, -0.1) is 0 Å². The second-order valence-corrected chi connectivity index (χ2v) is 6.93. The van der Waals surface area contributed by atoms with Crippen LogP contribution in [0.3, 0.4) is 0 Å². The van der Waals surface area contributed by atoms with Gasteiger partial charge in [-0.1, -0.05) is 12.1 Å². The molecule has 3 aliphatic rings. The highest BCUT2D eigenvalue weighted by molar-refractivity contribution is 5.84. The number of nitrogens with zero attached hydrogens (tertiary/aromatic N) is 2. The Bertz CT molecular complexity index is 618. The zero-order valence-corrected chi connectivity index (χ0v) is 13.1. The molecule has 122 valence electrons. The van der Waals surface area contributed by atoms with E-state index >= 15 is 0 Å². The summed E-state index contributed by atoms with van der Waals surface area (Å²) in [6.45, 7) is 2.61. The Labute approximate surface area is 135 Å². The molecule has 4 rings (SSSR count). The van der Waals surface area contributed by atoms with Gasteiger partial charge in [0.05, 0.1) is 0 Å². The van der Waals surface area contributed by atoms with Gasteiger partial charge in [0, 0.05) is 38.0 Å². The van der Waals surface area contributed by atoms with Gasteiger partial charge in [-0.25, -0.2) is 4.39 Å². The van der Waals surface area contributed by atoms with Crippen LogP contribution in [-0.4, -0.2) is 47.8 Å². The van der Waals surface area contributed by atoms with E-state index in [-0.39, 0.29) is 35.4 Å². The first-order chi connectivity index (χ1) is 11.1. The summed E-state index contributed by atoms with van der Waals surface area (Å²) in [5.74, 6) is 0.739. The summed E-state index contributed by atoms with van der Waals surface area (Å²) >= 11 is 0. The van der Waals surface area contributed by atoms with Crippen LogP contribution >= 0.6 is 0 Å². The minimum atomic E-state index is -0.242. The number of halogens is 1. The van der Waals surface area contributed by atoms with Crippen molar-refractivity contribution in [3.8, 4) is 0 Å². The Morgan fingerprint density at radius 1 is 0.913 bits per heavy atom. The van der Waals surface area contributed by atoms with Crippen molar-refractivity contribution >= 4 is 11.8 Å². The quantitative estimate of drug-likeness (QED) is 0.856. The van der Waals surface area contributed by atoms with Crippen LogP contribution in [0.15, 0.2) is 24.3 Å². The molecule has 4 nitrogen and oxygen atoms in total. The molecule has 2 atom stereocenters. The van der Waals surface area contributed by atoms with E-state index in [9.17, 15) is 14.0 Å². The molecule has 2 unspecified atom stereocenters. The summed E-state index contributed by atoms with van der Waals surface area (Å²) in [4.78, 5) is 28.4. The fourth-order valence-electron chi connectivity index (χ4n) is 3.52. The number of rotatable bonds is 3. The molecule has 2 amide bonds. The van der Waals surface area contributed by atoms with Gasteiger partial charge in [0.25, 0.3) is 0 Å². The Morgan fingerprint density at radius 3 is 2.04 bits per heavy atom. The van der Waals surface area contributed by atoms with Crippen LogP contribution in [0.1, 0.15) is 30.7 Å². The molecule has 0 N–H and O–H groups in total. The van der Waals surface area contributed by atoms with E-state index in [1.807, 2.05) is 9.80 Å². The zero-order chi connectivity index (χ0) is 16.0. The molecular formula is C18H21FN2O2. The highest BCUT2D eigenvalue weighted by Crippen LogP contribution is 2.48. The number of carbonyl (C=O) groups is 2. The topological polar surface area (TPSA) is 40.6 Å². The van der Waals surface area contributed by atoms with E-state index in [4.69, 9.17) is 0 Å². The molecule has 0 radical (unpaired) electrons. The summed E-state index contributed by atoms with van der Waals surface area (Å²) in [5.41, 5.74) is 1.05. The van der Waals surface area contributed by atoms with Crippen molar-refractivity contribution in [1.29, 1.82) is 0 Å². The van der Waals surface area contributed by atoms with Crippen LogP contribution in [-0.2, 0) is 9.59 Å². The summed E-state index contributed by atoms with van der Waals surface area (Å²) in [6, 6.07) is 6.47. The van der Waals surface area contributed by atoms with E-state index in [0.29, 0.717) is 26.2 Å². The lowest BCUT2D eigenvalue weighted by atomic mass is 10.1. The predicted molar refractivity (Wildman–Crippen MR) is 83.1 cm³/mol. The monoisotopic (exact) mass is 316 g/mol. The fraction of sp³-hybridized carbons (Fsp3) is 0.556. The van der Waals surface area contributed by atoms with Crippen molar-refractivity contribution in [2.75, 3.05) is 26.2 Å². The molecule has 1 heterocycles. The van der Waals surface area contributed by atoms with E-state index in [2.05, 4.69) is 0 Å². The minimum Gasteiger partial charge on any atom is -0.339 e. The Balaban J connectivity index is 1.31. The van der Waals surface area contributed by atoms with Crippen molar-refractivity contribution in [3.63, 3.8) is 0 Å². The van der Waals surface area contributed by atoms with Gasteiger partial charge in [-0.05, 0) is 42.9 Å². The number of hydrogen-bond acceptors (Lipinski definition) is 2. The normalized spacial score (nSPS) is 27.0. The highest BCUT2D eigenvalue weighted by atomic mass is 19.1. The third-order valence-electron chi connectivity index (χ3n) is 5.24. The van der Waals surface area contributed by atoms with E-state index in [1.54, 1.807) is 12.1 Å². The SMILES string of the molecule is O=C(C1CC1)N1CCN(C(=O)C2CC2c2ccc(F)cc2)CC1. The summed E-state index contributed by atoms with van der Waals surface area (Å²) in [5, 5.41) is 0. The molecule has 23 heavy (non-hydrogen) atoms. The van der Waals surface area contributed by atoms with Crippen LogP contribution in [0.5, 0.6) is 0 Å². The standard InChI is InChI=1S/C18H21FN2O2/c19-14-5-3-12(4-6-14)15-11-16(15)18(23)21-9-7-20(8-10-21)17(22)13-1-2-13/h3-6,13,15-16H,1-2,7-11H2. The molecule has 5 heteroatoms. The van der Waals surface area contributed by atoms with Gasteiger partial charge in [0.15, 0.2) is 0 Å². The lowest BCUT2D eigenvalue weighted by Gasteiger charge is -2.35. The van der Waals surface area contributed by atoms with E-state index in [1.165, 1.54) is 12.1 Å². The smallest absolute Gasteiger partial charge is 0.226 e. The average molecular weight is 316 g/mol. The minimum absolute atomic E-state index is 0.0335. The first-order valence-corrected chi connectivity index (χ1v) is 8.46. The predicted octanol–water partition coefficient (Wildman–Crippen LogP) is 2.01. The lowest BCUT2D eigenvalue weighted by molar-refractivity contribution is -0.141. The van der Waals surface area contributed by atoms with Gasteiger partial charge in [0.2, 0.25) is 11.8 Å². The molecule has 2 saturated carbocycles. The molecule has 1 aliphatic heterocycles.